The van der Waals surface area contributed by atoms with Crippen LogP contribution in [0.25, 0.3) is 46.4 Å². The summed E-state index contributed by atoms with van der Waals surface area (Å²) in [5.41, 5.74) is 7.86. The fraction of sp³-hybridized carbons (Fsp3) is 0.0476. The molecule has 1 atom stereocenters. The molecule has 3 aromatic rings. The molecule has 2 aliphatic heterocycles. The molecule has 5 heterocycles. The van der Waals surface area contributed by atoms with Crippen molar-refractivity contribution in [3.8, 4) is 0 Å². The van der Waals surface area contributed by atoms with E-state index < -0.39 is 0 Å². The van der Waals surface area contributed by atoms with Gasteiger partial charge >= 0.3 is 37.7 Å². The first-order valence-electron chi connectivity index (χ1n) is 8.29. The van der Waals surface area contributed by atoms with Gasteiger partial charge in [-0.25, -0.2) is 9.97 Å². The van der Waals surface area contributed by atoms with Crippen molar-refractivity contribution in [1.82, 2.24) is 19.9 Å². The third kappa shape index (κ3) is 6.93. The third-order valence-electron chi connectivity index (χ3n) is 4.04. The van der Waals surface area contributed by atoms with E-state index in [-0.39, 0.29) is 72.5 Å². The second-order valence-corrected chi connectivity index (χ2v) is 5.91. The first-order valence-corrected chi connectivity index (χ1v) is 8.29. The van der Waals surface area contributed by atoms with E-state index in [0.717, 1.165) is 52.0 Å². The molecule has 0 spiro atoms. The molecule has 0 saturated heterocycles. The molecule has 30 heavy (non-hydrogen) atoms. The van der Waals surface area contributed by atoms with Gasteiger partial charge in [-0.3, -0.25) is 0 Å². The molecular formula is C21H21CaCl2N4OP. The molecule has 8 bridgehead atoms. The van der Waals surface area contributed by atoms with Crippen molar-refractivity contribution >= 4 is 94.0 Å². The normalized spacial score (nSPS) is 10.3. The molecule has 5 nitrogen and oxygen atoms in total. The zero-order valence-electron chi connectivity index (χ0n) is 16.4. The van der Waals surface area contributed by atoms with Crippen LogP contribution in [0, 0.1) is 0 Å². The van der Waals surface area contributed by atoms with Crippen molar-refractivity contribution < 1.29 is 29.9 Å². The van der Waals surface area contributed by atoms with E-state index in [1.54, 1.807) is 0 Å². The van der Waals surface area contributed by atoms with Crippen molar-refractivity contribution in [2.24, 2.45) is 0 Å². The SMILES string of the molecule is C1=Cc2cc3ccc(cc4ccc(cc5nc(cc1n2)C=C5)[nH]4)[nH]3.CO.P.[Ca+2].[Cl-].[Cl-]. The van der Waals surface area contributed by atoms with Crippen LogP contribution in [-0.4, -0.2) is 69.9 Å². The standard InChI is InChI=1S/C20H14N4.CH4O.Ca.2ClH.H3P/c1-2-14-10-16-5-6-18(23-16)12-20-8-7-19(24-20)11-17-4-3-15(22-17)9-13(1)21-14;1-2;;;;/h1-12,21-22H;2H,1H3;;2*1H;1H3/q;;+2;;;/p-2. The van der Waals surface area contributed by atoms with Crippen LogP contribution >= 0.6 is 9.90 Å². The van der Waals surface area contributed by atoms with Gasteiger partial charge in [-0.2, -0.15) is 9.90 Å². The van der Waals surface area contributed by atoms with Crippen molar-refractivity contribution in [3.63, 3.8) is 0 Å². The summed E-state index contributed by atoms with van der Waals surface area (Å²) in [6.07, 6.45) is 8.05. The van der Waals surface area contributed by atoms with E-state index in [4.69, 9.17) is 5.11 Å². The maximum atomic E-state index is 7.00. The molecule has 152 valence electrons. The molecule has 0 radical (unpaired) electrons. The van der Waals surface area contributed by atoms with Crippen molar-refractivity contribution in [2.75, 3.05) is 7.11 Å². The summed E-state index contributed by atoms with van der Waals surface area (Å²) < 4.78 is 0. The van der Waals surface area contributed by atoms with Crippen LogP contribution in [-0.2, 0) is 0 Å². The van der Waals surface area contributed by atoms with Crippen LogP contribution in [0.1, 0.15) is 22.8 Å². The molecule has 1 unspecified atom stereocenters. The van der Waals surface area contributed by atoms with E-state index in [2.05, 4.69) is 50.3 Å². The molecule has 9 heteroatoms. The second kappa shape index (κ2) is 13.3. The number of H-pyrrole nitrogens is 2. The second-order valence-electron chi connectivity index (χ2n) is 5.91. The molecule has 0 saturated carbocycles. The Bertz CT molecular complexity index is 1100. The van der Waals surface area contributed by atoms with Gasteiger partial charge in [0, 0.05) is 29.2 Å². The first-order chi connectivity index (χ1) is 12.8. The van der Waals surface area contributed by atoms with Crippen molar-refractivity contribution in [2.45, 2.75) is 0 Å². The molecule has 0 aliphatic carbocycles. The molecule has 5 rings (SSSR count). The number of fused-ring (bicyclic) bond motifs is 8. The van der Waals surface area contributed by atoms with Gasteiger partial charge in [0.25, 0.3) is 0 Å². The smallest absolute Gasteiger partial charge is 1.00 e. The van der Waals surface area contributed by atoms with Gasteiger partial charge in [-0.1, -0.05) is 0 Å². The fourth-order valence-electron chi connectivity index (χ4n) is 2.94. The molecular weight excluding hydrogens is 466 g/mol. The third-order valence-corrected chi connectivity index (χ3v) is 4.04. The quantitative estimate of drug-likeness (QED) is 0.174. The van der Waals surface area contributed by atoms with Crippen LogP contribution in [0.4, 0.5) is 0 Å². The fourth-order valence-corrected chi connectivity index (χ4v) is 2.94. The molecule has 3 N–H and O–H groups in total. The Morgan fingerprint density at radius 3 is 1.23 bits per heavy atom. The van der Waals surface area contributed by atoms with Crippen LogP contribution in [0.15, 0.2) is 48.5 Å². The van der Waals surface area contributed by atoms with Gasteiger partial charge in [0.2, 0.25) is 0 Å². The number of aromatic amines is 2. The summed E-state index contributed by atoms with van der Waals surface area (Å²) in [6, 6.07) is 16.4. The Kier molecular flexibility index (Phi) is 12.8. The largest absolute Gasteiger partial charge is 2.00 e. The molecule has 0 amide bonds. The van der Waals surface area contributed by atoms with Gasteiger partial charge in [0.05, 0.1) is 22.8 Å². The predicted molar refractivity (Wildman–Crippen MR) is 124 cm³/mol. The van der Waals surface area contributed by atoms with Gasteiger partial charge in [0.1, 0.15) is 0 Å². The number of hydrogen-bond acceptors (Lipinski definition) is 3. The number of aromatic nitrogens is 4. The summed E-state index contributed by atoms with van der Waals surface area (Å²) in [6.45, 7) is 0. The van der Waals surface area contributed by atoms with E-state index in [9.17, 15) is 0 Å². The average Bonchev–Trinajstić information content (AvgIpc) is 3.42. The van der Waals surface area contributed by atoms with Crippen molar-refractivity contribution in [1.29, 1.82) is 0 Å². The minimum atomic E-state index is 0. The molecule has 0 aromatic carbocycles. The number of rotatable bonds is 0. The Balaban J connectivity index is 0.00000136. The van der Waals surface area contributed by atoms with Gasteiger partial charge in [-0.15, -0.1) is 0 Å². The summed E-state index contributed by atoms with van der Waals surface area (Å²) in [5.74, 6) is 0. The number of halogens is 2. The predicted octanol–water partition coefficient (Wildman–Crippen LogP) is -2.05. The van der Waals surface area contributed by atoms with E-state index in [1.165, 1.54) is 0 Å². The Hall–Kier alpha value is -1.17. The van der Waals surface area contributed by atoms with E-state index >= 15 is 0 Å². The maximum Gasteiger partial charge on any atom is 2.00 e. The van der Waals surface area contributed by atoms with E-state index in [0.29, 0.717) is 0 Å². The zero-order chi connectivity index (χ0) is 17.9. The molecule has 2 aliphatic rings. The average molecular weight is 487 g/mol. The number of nitrogens with zero attached hydrogens (tertiary/aromatic N) is 2. The Morgan fingerprint density at radius 1 is 0.567 bits per heavy atom. The summed E-state index contributed by atoms with van der Waals surface area (Å²) in [7, 11) is 1.00. The Morgan fingerprint density at radius 2 is 0.867 bits per heavy atom. The first kappa shape index (κ1) is 28.8. The van der Waals surface area contributed by atoms with Crippen LogP contribution in [0.5, 0.6) is 0 Å². The minimum Gasteiger partial charge on any atom is -1.00 e. The summed E-state index contributed by atoms with van der Waals surface area (Å²) in [5, 5.41) is 7.00. The minimum absolute atomic E-state index is 0. The maximum absolute atomic E-state index is 7.00. The number of nitrogens with one attached hydrogen (secondary N) is 2. The monoisotopic (exact) mass is 486 g/mol. The van der Waals surface area contributed by atoms with Crippen molar-refractivity contribution in [3.05, 3.63) is 71.3 Å². The van der Waals surface area contributed by atoms with Gasteiger partial charge < -0.3 is 39.9 Å². The van der Waals surface area contributed by atoms with Crippen LogP contribution in [0.3, 0.4) is 0 Å². The van der Waals surface area contributed by atoms with Crippen LogP contribution in [0.2, 0.25) is 0 Å². The summed E-state index contributed by atoms with van der Waals surface area (Å²) in [4.78, 5) is 16.0. The van der Waals surface area contributed by atoms with Gasteiger partial charge in [0.15, 0.2) is 0 Å². The topological polar surface area (TPSA) is 77.6 Å². The number of aliphatic hydroxyl groups excluding tert-OH is 1. The van der Waals surface area contributed by atoms with E-state index in [1.807, 2.05) is 42.5 Å². The number of aliphatic hydroxyl groups is 1. The number of hydrogen-bond donors (Lipinski definition) is 3. The zero-order valence-corrected chi connectivity index (χ0v) is 21.6. The van der Waals surface area contributed by atoms with Crippen LogP contribution < -0.4 is 24.8 Å². The summed E-state index contributed by atoms with van der Waals surface area (Å²) >= 11 is 0. The molecule has 0 fully saturated rings. The Labute approximate surface area is 220 Å². The van der Waals surface area contributed by atoms with Gasteiger partial charge in [-0.05, 0) is 72.8 Å². The molecule has 3 aromatic heterocycles.